The number of aliphatic hydroxyl groups excluding tert-OH is 2. The van der Waals surface area contributed by atoms with Crippen molar-refractivity contribution in [3.05, 3.63) is 0 Å². The molecule has 0 aromatic heterocycles. The van der Waals surface area contributed by atoms with Crippen molar-refractivity contribution in [2.45, 2.75) is 0 Å². The summed E-state index contributed by atoms with van der Waals surface area (Å²) in [6, 6.07) is 0. The number of rotatable bonds is 8. The molecular weight excluding hydrogens is 271 g/mol. The van der Waals surface area contributed by atoms with Crippen molar-refractivity contribution in [2.75, 3.05) is 38.1 Å². The van der Waals surface area contributed by atoms with Crippen LogP contribution in [0.3, 0.4) is 0 Å². The summed E-state index contributed by atoms with van der Waals surface area (Å²) >= 11 is 10.6. The number of hydrogen-bond acceptors (Lipinski definition) is 4. The van der Waals surface area contributed by atoms with Crippen molar-refractivity contribution < 1.29 is 19.8 Å². The number of hydrogen-bond donors (Lipinski definition) is 4. The summed E-state index contributed by atoms with van der Waals surface area (Å²) in [5.41, 5.74) is -1.02. The number of carbonyl (C=O) groups is 2. The molecule has 0 unspecified atom stereocenters. The van der Waals surface area contributed by atoms with E-state index >= 15 is 0 Å². The Kier molecular flexibility index (Phi) is 8.24. The highest BCUT2D eigenvalue weighted by Gasteiger charge is 2.29. The molecule has 0 saturated heterocycles. The smallest absolute Gasteiger partial charge is 0.234 e. The van der Waals surface area contributed by atoms with Crippen LogP contribution < -0.4 is 10.6 Å². The van der Waals surface area contributed by atoms with Gasteiger partial charge in [0.1, 0.15) is 11.8 Å². The minimum Gasteiger partial charge on any atom is -0.396 e. The van der Waals surface area contributed by atoms with E-state index in [2.05, 4.69) is 10.6 Å². The fraction of sp³-hybridized carbons (Fsp3) is 0.778. The quantitative estimate of drug-likeness (QED) is 0.416. The molecule has 8 heteroatoms. The fourth-order valence-corrected chi connectivity index (χ4v) is 1.19. The van der Waals surface area contributed by atoms with E-state index < -0.39 is 30.4 Å². The monoisotopic (exact) mass is 286 g/mol. The summed E-state index contributed by atoms with van der Waals surface area (Å²) in [5, 5.41) is 23.3. The van der Waals surface area contributed by atoms with Crippen molar-refractivity contribution >= 4 is 35.0 Å². The molecule has 0 radical (unpaired) electrons. The van der Waals surface area contributed by atoms with Crippen LogP contribution in [0.25, 0.3) is 0 Å². The third-order valence-corrected chi connectivity index (χ3v) is 2.72. The van der Waals surface area contributed by atoms with Crippen molar-refractivity contribution in [3.63, 3.8) is 0 Å². The lowest BCUT2D eigenvalue weighted by atomic mass is 9.90. The largest absolute Gasteiger partial charge is 0.396 e. The van der Waals surface area contributed by atoms with Gasteiger partial charge in [0.2, 0.25) is 11.8 Å². The predicted octanol–water partition coefficient (Wildman–Crippen LogP) is -1.33. The highest BCUT2D eigenvalue weighted by atomic mass is 35.5. The molecular formula is C9H16Cl2N2O4. The molecule has 100 valence electrons. The van der Waals surface area contributed by atoms with Gasteiger partial charge < -0.3 is 20.8 Å². The Morgan fingerprint density at radius 3 is 1.53 bits per heavy atom. The summed E-state index contributed by atoms with van der Waals surface area (Å²) in [5.74, 6) is -1.25. The average Bonchev–Trinajstić information content (AvgIpc) is 2.38. The molecule has 0 bridgehead atoms. The van der Waals surface area contributed by atoms with Gasteiger partial charge in [-0.25, -0.2) is 0 Å². The van der Waals surface area contributed by atoms with Gasteiger partial charge in [0.05, 0.1) is 18.6 Å². The molecule has 0 saturated carbocycles. The zero-order chi connectivity index (χ0) is 13.3. The molecule has 0 fully saturated rings. The minimum absolute atomic E-state index is 0.00805. The predicted molar refractivity (Wildman–Crippen MR) is 64.1 cm³/mol. The van der Waals surface area contributed by atoms with Crippen LogP contribution in [0, 0.1) is 5.41 Å². The van der Waals surface area contributed by atoms with E-state index in [1.165, 1.54) is 0 Å². The normalized spacial score (nSPS) is 11.1. The molecule has 0 aliphatic heterocycles. The van der Waals surface area contributed by atoms with Crippen LogP contribution in [-0.2, 0) is 9.59 Å². The molecule has 0 aliphatic carbocycles. The van der Waals surface area contributed by atoms with E-state index in [0.717, 1.165) is 0 Å². The number of nitrogens with one attached hydrogen (secondary N) is 2. The molecule has 6 nitrogen and oxygen atoms in total. The molecule has 0 heterocycles. The van der Waals surface area contributed by atoms with Crippen LogP contribution in [0.5, 0.6) is 0 Å². The van der Waals surface area contributed by atoms with Gasteiger partial charge in [-0.05, 0) is 0 Å². The van der Waals surface area contributed by atoms with Gasteiger partial charge in [0, 0.05) is 13.1 Å². The first-order chi connectivity index (χ1) is 8.03. The lowest BCUT2D eigenvalue weighted by Crippen LogP contribution is -2.50. The van der Waals surface area contributed by atoms with Crippen LogP contribution in [0.4, 0.5) is 0 Å². The third-order valence-electron chi connectivity index (χ3n) is 2.23. The Labute approximate surface area is 109 Å². The summed E-state index contributed by atoms with van der Waals surface area (Å²) in [6.07, 6.45) is 0. The summed E-state index contributed by atoms with van der Waals surface area (Å²) < 4.78 is 0. The number of aliphatic hydroxyl groups is 2. The molecule has 0 aliphatic rings. The first-order valence-electron chi connectivity index (χ1n) is 4.90. The van der Waals surface area contributed by atoms with Gasteiger partial charge in [-0.2, -0.15) is 0 Å². The van der Waals surface area contributed by atoms with E-state index in [0.29, 0.717) is 0 Å². The molecule has 2 amide bonds. The third kappa shape index (κ3) is 6.07. The molecule has 0 aromatic carbocycles. The van der Waals surface area contributed by atoms with Crippen molar-refractivity contribution in [2.24, 2.45) is 5.41 Å². The maximum absolute atomic E-state index is 11.0. The standard InChI is InChI=1S/C9H16Cl2N2O4/c10-1-7(16)12-3-9(5-14,6-15)4-13-8(17)2-11/h14-15H,1-6H2,(H,12,16)(H,13,17). The number of halogens is 2. The van der Waals surface area contributed by atoms with Gasteiger partial charge in [0.25, 0.3) is 0 Å². The second-order valence-corrected chi connectivity index (χ2v) is 4.17. The van der Waals surface area contributed by atoms with Crippen LogP contribution >= 0.6 is 23.2 Å². The second kappa shape index (κ2) is 8.52. The molecule has 0 aromatic rings. The molecule has 0 atom stereocenters. The Morgan fingerprint density at radius 2 is 1.29 bits per heavy atom. The molecule has 0 rings (SSSR count). The maximum Gasteiger partial charge on any atom is 0.234 e. The van der Waals surface area contributed by atoms with Crippen LogP contribution in [-0.4, -0.2) is 60.1 Å². The van der Waals surface area contributed by atoms with Crippen LogP contribution in [0.15, 0.2) is 0 Å². The van der Waals surface area contributed by atoms with Gasteiger partial charge in [0.15, 0.2) is 0 Å². The van der Waals surface area contributed by atoms with E-state index in [4.69, 9.17) is 23.2 Å². The van der Waals surface area contributed by atoms with E-state index in [-0.39, 0.29) is 24.8 Å². The first kappa shape index (κ1) is 16.4. The Hall–Kier alpha value is -0.560. The van der Waals surface area contributed by atoms with E-state index in [9.17, 15) is 19.8 Å². The average molecular weight is 287 g/mol. The number of alkyl halides is 2. The van der Waals surface area contributed by atoms with Gasteiger partial charge in [-0.15, -0.1) is 23.2 Å². The highest BCUT2D eigenvalue weighted by molar-refractivity contribution is 6.27. The zero-order valence-corrected chi connectivity index (χ0v) is 10.7. The van der Waals surface area contributed by atoms with Gasteiger partial charge in [-0.3, -0.25) is 9.59 Å². The van der Waals surface area contributed by atoms with Crippen molar-refractivity contribution in [1.82, 2.24) is 10.6 Å². The van der Waals surface area contributed by atoms with Gasteiger partial charge >= 0.3 is 0 Å². The summed E-state index contributed by atoms with van der Waals surface area (Å²) in [6.45, 7) is -0.772. The zero-order valence-electron chi connectivity index (χ0n) is 9.21. The highest BCUT2D eigenvalue weighted by Crippen LogP contribution is 2.13. The molecule has 17 heavy (non-hydrogen) atoms. The topological polar surface area (TPSA) is 98.7 Å². The maximum atomic E-state index is 11.0. The Morgan fingerprint density at radius 1 is 0.941 bits per heavy atom. The fourth-order valence-electron chi connectivity index (χ4n) is 1.00. The van der Waals surface area contributed by atoms with Crippen molar-refractivity contribution in [1.29, 1.82) is 0 Å². The number of carbonyl (C=O) groups excluding carboxylic acids is 2. The van der Waals surface area contributed by atoms with Crippen molar-refractivity contribution in [3.8, 4) is 0 Å². The SMILES string of the molecule is O=C(CCl)NCC(CO)(CO)CNC(=O)CCl. The van der Waals surface area contributed by atoms with Crippen LogP contribution in [0.1, 0.15) is 0 Å². The van der Waals surface area contributed by atoms with Crippen LogP contribution in [0.2, 0.25) is 0 Å². The summed E-state index contributed by atoms with van der Waals surface area (Å²) in [7, 11) is 0. The number of amides is 2. The molecule has 4 N–H and O–H groups in total. The van der Waals surface area contributed by atoms with E-state index in [1.54, 1.807) is 0 Å². The molecule has 0 spiro atoms. The lowest BCUT2D eigenvalue weighted by molar-refractivity contribution is -0.120. The first-order valence-corrected chi connectivity index (χ1v) is 5.97. The summed E-state index contributed by atoms with van der Waals surface area (Å²) in [4.78, 5) is 21.9. The second-order valence-electron chi connectivity index (χ2n) is 3.64. The Bertz CT molecular complexity index is 237. The van der Waals surface area contributed by atoms with E-state index in [1.807, 2.05) is 0 Å². The lowest BCUT2D eigenvalue weighted by Gasteiger charge is -2.29. The van der Waals surface area contributed by atoms with Gasteiger partial charge in [-0.1, -0.05) is 0 Å². The Balaban J connectivity index is 4.34. The minimum atomic E-state index is -1.02.